The van der Waals surface area contributed by atoms with Crippen molar-refractivity contribution in [3.8, 4) is 0 Å². The number of rotatable bonds is 17. The van der Waals surface area contributed by atoms with Crippen molar-refractivity contribution in [1.82, 2.24) is 5.32 Å². The molecule has 3 N–H and O–H groups in total. The van der Waals surface area contributed by atoms with E-state index in [1.54, 1.807) is 0 Å². The molecular formula is C18H36N2O6. The van der Waals surface area contributed by atoms with Gasteiger partial charge >= 0.3 is 0 Å². The molecular weight excluding hydrogens is 340 g/mol. The number of carbonyl (C=O) groups excluding carboxylic acids is 2. The summed E-state index contributed by atoms with van der Waals surface area (Å²) in [6.45, 7) is 10.3. The number of ether oxygens (including phenoxy) is 4. The van der Waals surface area contributed by atoms with Crippen LogP contribution in [0.5, 0.6) is 0 Å². The highest BCUT2D eigenvalue weighted by Crippen LogP contribution is 2.18. The molecule has 0 aromatic rings. The van der Waals surface area contributed by atoms with Gasteiger partial charge in [0, 0.05) is 19.4 Å². The highest BCUT2D eigenvalue weighted by Gasteiger charge is 2.16. The number of nitrogens with one attached hydrogen (secondary N) is 1. The third kappa shape index (κ3) is 19.3. The number of carbonyl (C=O) groups is 2. The summed E-state index contributed by atoms with van der Waals surface area (Å²) in [4.78, 5) is 23.3. The van der Waals surface area contributed by atoms with Crippen molar-refractivity contribution in [2.45, 2.75) is 33.6 Å². The monoisotopic (exact) mass is 376 g/mol. The number of amides is 1. The van der Waals surface area contributed by atoms with Gasteiger partial charge in [-0.25, -0.2) is 0 Å². The van der Waals surface area contributed by atoms with E-state index in [1.807, 2.05) is 20.8 Å². The first kappa shape index (κ1) is 24.9. The Balaban J connectivity index is 3.32. The van der Waals surface area contributed by atoms with Gasteiger partial charge in [-0.05, 0) is 5.41 Å². The molecule has 0 fully saturated rings. The number of ketones is 1. The fourth-order valence-corrected chi connectivity index (χ4v) is 1.95. The largest absolute Gasteiger partial charge is 0.379 e. The summed E-state index contributed by atoms with van der Waals surface area (Å²) >= 11 is 0. The van der Waals surface area contributed by atoms with Crippen molar-refractivity contribution in [3.63, 3.8) is 0 Å². The van der Waals surface area contributed by atoms with Crippen LogP contribution >= 0.6 is 0 Å². The quantitative estimate of drug-likeness (QED) is 0.356. The SMILES string of the molecule is CC(C)(C)CC(=O)CNC(=O)CCOCCOCCOCCOCCN. The van der Waals surface area contributed by atoms with Crippen molar-refractivity contribution in [2.24, 2.45) is 11.1 Å². The molecule has 0 aromatic heterocycles. The first-order chi connectivity index (χ1) is 12.3. The van der Waals surface area contributed by atoms with Gasteiger partial charge in [-0.2, -0.15) is 0 Å². The van der Waals surface area contributed by atoms with Gasteiger partial charge in [0.15, 0.2) is 5.78 Å². The minimum atomic E-state index is -0.182. The summed E-state index contributed by atoms with van der Waals surface area (Å²) in [6, 6.07) is 0. The lowest BCUT2D eigenvalue weighted by molar-refractivity contribution is -0.126. The molecule has 0 bridgehead atoms. The van der Waals surface area contributed by atoms with Crippen LogP contribution in [0.3, 0.4) is 0 Å². The van der Waals surface area contributed by atoms with Gasteiger partial charge in [0.2, 0.25) is 5.91 Å². The Morgan fingerprint density at radius 2 is 1.27 bits per heavy atom. The van der Waals surface area contributed by atoms with E-state index in [0.29, 0.717) is 65.8 Å². The van der Waals surface area contributed by atoms with E-state index in [4.69, 9.17) is 24.7 Å². The summed E-state index contributed by atoms with van der Waals surface area (Å²) in [6.07, 6.45) is 0.681. The predicted octanol–water partition coefficient (Wildman–Crippen LogP) is 0.523. The van der Waals surface area contributed by atoms with Crippen LogP contribution in [0.4, 0.5) is 0 Å². The second-order valence-electron chi connectivity index (χ2n) is 7.04. The average Bonchev–Trinajstić information content (AvgIpc) is 2.55. The molecule has 0 aliphatic rings. The van der Waals surface area contributed by atoms with Crippen molar-refractivity contribution in [2.75, 3.05) is 65.9 Å². The van der Waals surface area contributed by atoms with Gasteiger partial charge in [-0.15, -0.1) is 0 Å². The highest BCUT2D eigenvalue weighted by molar-refractivity contribution is 5.86. The van der Waals surface area contributed by atoms with Gasteiger partial charge in [-0.1, -0.05) is 20.8 Å². The zero-order valence-corrected chi connectivity index (χ0v) is 16.5. The van der Waals surface area contributed by atoms with Gasteiger partial charge in [0.1, 0.15) is 0 Å². The normalized spacial score (nSPS) is 11.5. The minimum absolute atomic E-state index is 0.0355. The summed E-state index contributed by atoms with van der Waals surface area (Å²) in [5.41, 5.74) is 5.23. The topological polar surface area (TPSA) is 109 Å². The van der Waals surface area contributed by atoms with E-state index in [9.17, 15) is 9.59 Å². The molecule has 0 aliphatic carbocycles. The maximum absolute atomic E-state index is 11.7. The molecule has 0 rings (SSSR count). The maximum Gasteiger partial charge on any atom is 0.222 e. The van der Waals surface area contributed by atoms with E-state index in [-0.39, 0.29) is 30.1 Å². The third-order valence-corrected chi connectivity index (χ3v) is 3.06. The zero-order valence-electron chi connectivity index (χ0n) is 16.5. The van der Waals surface area contributed by atoms with Crippen molar-refractivity contribution in [1.29, 1.82) is 0 Å². The van der Waals surface area contributed by atoms with E-state index in [1.165, 1.54) is 0 Å². The summed E-state index contributed by atoms with van der Waals surface area (Å²) < 4.78 is 21.1. The van der Waals surface area contributed by atoms with Crippen molar-refractivity contribution >= 4 is 11.7 Å². The van der Waals surface area contributed by atoms with Crippen LogP contribution in [0.15, 0.2) is 0 Å². The van der Waals surface area contributed by atoms with Gasteiger partial charge in [0.25, 0.3) is 0 Å². The van der Waals surface area contributed by atoms with E-state index < -0.39 is 0 Å². The first-order valence-corrected chi connectivity index (χ1v) is 9.14. The summed E-state index contributed by atoms with van der Waals surface area (Å²) in [5.74, 6) is -0.147. The summed E-state index contributed by atoms with van der Waals surface area (Å²) in [5, 5.41) is 2.62. The Labute approximate surface area is 157 Å². The molecule has 8 nitrogen and oxygen atoms in total. The second kappa shape index (κ2) is 16.1. The van der Waals surface area contributed by atoms with Crippen LogP contribution in [-0.4, -0.2) is 77.6 Å². The smallest absolute Gasteiger partial charge is 0.222 e. The van der Waals surface area contributed by atoms with Crippen molar-refractivity contribution < 1.29 is 28.5 Å². The van der Waals surface area contributed by atoms with E-state index in [0.717, 1.165) is 0 Å². The third-order valence-electron chi connectivity index (χ3n) is 3.06. The molecule has 0 aliphatic heterocycles. The van der Waals surface area contributed by atoms with Gasteiger partial charge in [0.05, 0.1) is 59.4 Å². The molecule has 0 saturated carbocycles. The van der Waals surface area contributed by atoms with Crippen LogP contribution < -0.4 is 11.1 Å². The Hall–Kier alpha value is -1.06. The zero-order chi connectivity index (χ0) is 19.7. The standard InChI is InChI=1S/C18H36N2O6/c1-18(2,3)14-16(21)15-20-17(22)4-6-23-8-10-25-12-13-26-11-9-24-7-5-19/h4-15,19H2,1-3H3,(H,20,22). The molecule has 0 radical (unpaired) electrons. The molecule has 1 amide bonds. The average molecular weight is 376 g/mol. The number of Topliss-reactive ketones (excluding diaryl/α,β-unsaturated/α-hetero) is 1. The van der Waals surface area contributed by atoms with E-state index in [2.05, 4.69) is 5.32 Å². The molecule has 8 heteroatoms. The maximum atomic E-state index is 11.7. The lowest BCUT2D eigenvalue weighted by Gasteiger charge is -2.16. The lowest BCUT2D eigenvalue weighted by atomic mass is 9.90. The molecule has 0 unspecified atom stereocenters. The highest BCUT2D eigenvalue weighted by atomic mass is 16.6. The Kier molecular flexibility index (Phi) is 15.5. The fourth-order valence-electron chi connectivity index (χ4n) is 1.95. The molecule has 0 atom stereocenters. The van der Waals surface area contributed by atoms with E-state index >= 15 is 0 Å². The Morgan fingerprint density at radius 3 is 1.73 bits per heavy atom. The minimum Gasteiger partial charge on any atom is -0.379 e. The number of hydrogen-bond acceptors (Lipinski definition) is 7. The first-order valence-electron chi connectivity index (χ1n) is 9.14. The van der Waals surface area contributed by atoms with Crippen LogP contribution in [0.25, 0.3) is 0 Å². The molecule has 26 heavy (non-hydrogen) atoms. The molecule has 154 valence electrons. The molecule has 0 saturated heterocycles. The molecule has 0 spiro atoms. The van der Waals surface area contributed by atoms with Gasteiger partial charge < -0.3 is 30.0 Å². The van der Waals surface area contributed by atoms with Gasteiger partial charge in [-0.3, -0.25) is 9.59 Å². The molecule has 0 heterocycles. The number of hydrogen-bond donors (Lipinski definition) is 2. The predicted molar refractivity (Wildman–Crippen MR) is 99.0 cm³/mol. The fraction of sp³-hybridized carbons (Fsp3) is 0.889. The van der Waals surface area contributed by atoms with Crippen LogP contribution in [0.2, 0.25) is 0 Å². The summed E-state index contributed by atoms with van der Waals surface area (Å²) in [7, 11) is 0. The van der Waals surface area contributed by atoms with Crippen LogP contribution in [0, 0.1) is 5.41 Å². The second-order valence-corrected chi connectivity index (χ2v) is 7.04. The van der Waals surface area contributed by atoms with Crippen LogP contribution in [-0.2, 0) is 28.5 Å². The Bertz CT molecular complexity index is 371. The van der Waals surface area contributed by atoms with Crippen molar-refractivity contribution in [3.05, 3.63) is 0 Å². The molecule has 0 aromatic carbocycles. The Morgan fingerprint density at radius 1 is 0.808 bits per heavy atom. The lowest BCUT2D eigenvalue weighted by Crippen LogP contribution is -2.31. The van der Waals surface area contributed by atoms with Crippen LogP contribution in [0.1, 0.15) is 33.6 Å². The number of nitrogens with two attached hydrogens (primary N) is 1.